The van der Waals surface area contributed by atoms with Gasteiger partial charge in [0, 0.05) is 22.4 Å². The van der Waals surface area contributed by atoms with E-state index in [9.17, 15) is 13.6 Å². The summed E-state index contributed by atoms with van der Waals surface area (Å²) in [6.07, 6.45) is 0. The van der Waals surface area contributed by atoms with Crippen molar-refractivity contribution in [3.8, 4) is 0 Å². The highest BCUT2D eigenvalue weighted by Crippen LogP contribution is 2.41. The average molecular weight is 323 g/mol. The first-order valence-electron chi connectivity index (χ1n) is 6.60. The summed E-state index contributed by atoms with van der Waals surface area (Å²) in [6.45, 7) is 3.90. The maximum atomic E-state index is 14.1. The van der Waals surface area contributed by atoms with Crippen LogP contribution in [0.3, 0.4) is 0 Å². The molecule has 0 fully saturated rings. The molecule has 2 nitrogen and oxygen atoms in total. The lowest BCUT2D eigenvalue weighted by Gasteiger charge is -2.19. The molecular weight excluding hydrogens is 312 g/mol. The molecule has 0 saturated heterocycles. The van der Waals surface area contributed by atoms with Crippen LogP contribution >= 0.6 is 23.1 Å². The summed E-state index contributed by atoms with van der Waals surface area (Å²) in [5.74, 6) is -1.18. The third-order valence-corrected chi connectivity index (χ3v) is 5.95. The number of halogens is 2. The summed E-state index contributed by atoms with van der Waals surface area (Å²) in [4.78, 5) is 13.8. The lowest BCUT2D eigenvalue weighted by molar-refractivity contribution is 0.494. The minimum Gasteiger partial charge on any atom is -0.302 e. The summed E-state index contributed by atoms with van der Waals surface area (Å²) in [7, 11) is 0. The van der Waals surface area contributed by atoms with Crippen LogP contribution in [0.4, 0.5) is 8.78 Å². The number of benzene rings is 1. The van der Waals surface area contributed by atoms with Gasteiger partial charge in [-0.1, -0.05) is 13.8 Å². The van der Waals surface area contributed by atoms with Crippen LogP contribution in [0.5, 0.6) is 0 Å². The largest absolute Gasteiger partial charge is 0.302 e. The SMILES string of the molecule is CC(C)c1c(=O)c2cc(F)c(F)c3c2n2c(csc12)CS3. The lowest BCUT2D eigenvalue weighted by atomic mass is 10.0. The standard InChI is InChI=1S/C15H11F2NOS2/c1-6(2)10-13(19)8-3-9(16)11(17)14-12(8)18-7(4-20-14)5-21-15(10)18/h3,5-6H,4H2,1-2H3. The zero-order chi connectivity index (χ0) is 14.9. The highest BCUT2D eigenvalue weighted by Gasteiger charge is 2.26. The van der Waals surface area contributed by atoms with E-state index in [1.165, 1.54) is 23.1 Å². The van der Waals surface area contributed by atoms with Gasteiger partial charge in [-0.2, -0.15) is 0 Å². The van der Waals surface area contributed by atoms with Crippen LogP contribution in [0.2, 0.25) is 0 Å². The van der Waals surface area contributed by atoms with Crippen molar-refractivity contribution < 1.29 is 8.78 Å². The topological polar surface area (TPSA) is 21.5 Å². The van der Waals surface area contributed by atoms with E-state index in [0.29, 0.717) is 16.8 Å². The van der Waals surface area contributed by atoms with Crippen LogP contribution in [0.25, 0.3) is 15.7 Å². The molecule has 3 aromatic rings. The van der Waals surface area contributed by atoms with Crippen molar-refractivity contribution in [3.63, 3.8) is 0 Å². The highest BCUT2D eigenvalue weighted by atomic mass is 32.2. The molecule has 21 heavy (non-hydrogen) atoms. The molecule has 0 atom stereocenters. The third kappa shape index (κ3) is 1.60. The first-order chi connectivity index (χ1) is 10.0. The molecule has 0 amide bonds. The second-order valence-corrected chi connectivity index (χ2v) is 7.30. The predicted molar refractivity (Wildman–Crippen MR) is 82.6 cm³/mol. The summed E-state index contributed by atoms with van der Waals surface area (Å²) in [6, 6.07) is 1.04. The normalized spacial score (nSPS) is 14.0. The van der Waals surface area contributed by atoms with Crippen LogP contribution in [0.15, 0.2) is 21.1 Å². The Hall–Kier alpha value is -1.40. The van der Waals surface area contributed by atoms with Crippen LogP contribution in [0, 0.1) is 11.6 Å². The van der Waals surface area contributed by atoms with Crippen molar-refractivity contribution >= 4 is 38.8 Å². The van der Waals surface area contributed by atoms with Gasteiger partial charge < -0.3 is 4.40 Å². The van der Waals surface area contributed by atoms with Gasteiger partial charge in [0.2, 0.25) is 0 Å². The van der Waals surface area contributed by atoms with E-state index in [2.05, 4.69) is 0 Å². The molecule has 0 unspecified atom stereocenters. The van der Waals surface area contributed by atoms with Gasteiger partial charge >= 0.3 is 0 Å². The molecule has 6 heteroatoms. The van der Waals surface area contributed by atoms with E-state index in [1.54, 1.807) is 0 Å². The number of thioether (sulfide) groups is 1. The molecule has 2 aromatic heterocycles. The molecule has 0 bridgehead atoms. The molecule has 108 valence electrons. The van der Waals surface area contributed by atoms with Crippen molar-refractivity contribution in [2.24, 2.45) is 0 Å². The summed E-state index contributed by atoms with van der Waals surface area (Å²) < 4.78 is 29.8. The molecular formula is C15H11F2NOS2. The van der Waals surface area contributed by atoms with Crippen LogP contribution in [-0.4, -0.2) is 4.40 Å². The maximum absolute atomic E-state index is 14.1. The Morgan fingerprint density at radius 3 is 2.81 bits per heavy atom. The Bertz CT molecular complexity index is 972. The molecule has 0 aliphatic carbocycles. The fourth-order valence-corrected chi connectivity index (χ4v) is 5.28. The van der Waals surface area contributed by atoms with Gasteiger partial charge in [-0.25, -0.2) is 8.78 Å². The van der Waals surface area contributed by atoms with E-state index in [1.807, 2.05) is 23.6 Å². The number of aromatic nitrogens is 1. The van der Waals surface area contributed by atoms with Crippen LogP contribution in [0.1, 0.15) is 31.0 Å². The minimum absolute atomic E-state index is 0.0343. The van der Waals surface area contributed by atoms with E-state index < -0.39 is 11.6 Å². The molecule has 0 saturated carbocycles. The van der Waals surface area contributed by atoms with E-state index in [4.69, 9.17) is 0 Å². The van der Waals surface area contributed by atoms with Gasteiger partial charge in [0.25, 0.3) is 0 Å². The van der Waals surface area contributed by atoms with E-state index in [0.717, 1.165) is 16.6 Å². The highest BCUT2D eigenvalue weighted by molar-refractivity contribution is 7.98. The van der Waals surface area contributed by atoms with Crippen molar-refractivity contribution in [1.82, 2.24) is 4.40 Å². The van der Waals surface area contributed by atoms with Gasteiger partial charge in [0.05, 0.1) is 15.8 Å². The number of nitrogens with zero attached hydrogens (tertiary/aromatic N) is 1. The molecule has 3 heterocycles. The van der Waals surface area contributed by atoms with E-state index >= 15 is 0 Å². The lowest BCUT2D eigenvalue weighted by Crippen LogP contribution is -2.17. The van der Waals surface area contributed by atoms with Crippen molar-refractivity contribution in [2.45, 2.75) is 30.4 Å². The number of hydrogen-bond acceptors (Lipinski definition) is 3. The molecule has 1 aromatic carbocycles. The van der Waals surface area contributed by atoms with Gasteiger partial charge in [-0.05, 0) is 12.0 Å². The minimum atomic E-state index is -0.949. The first-order valence-corrected chi connectivity index (χ1v) is 8.46. The summed E-state index contributed by atoms with van der Waals surface area (Å²) >= 11 is 2.75. The van der Waals surface area contributed by atoms with Crippen LogP contribution in [-0.2, 0) is 5.75 Å². The molecule has 1 aliphatic heterocycles. The molecule has 0 N–H and O–H groups in total. The zero-order valence-electron chi connectivity index (χ0n) is 11.4. The maximum Gasteiger partial charge on any atom is 0.194 e. The summed E-state index contributed by atoms with van der Waals surface area (Å²) in [5.41, 5.74) is 2.05. The van der Waals surface area contributed by atoms with Gasteiger partial charge in [0.15, 0.2) is 17.1 Å². The molecule has 0 spiro atoms. The summed E-state index contributed by atoms with van der Waals surface area (Å²) in [5, 5.41) is 2.27. The van der Waals surface area contributed by atoms with Crippen molar-refractivity contribution in [2.75, 3.05) is 0 Å². The Balaban J connectivity index is 2.39. The second kappa shape index (κ2) is 4.30. The Morgan fingerprint density at radius 1 is 1.33 bits per heavy atom. The average Bonchev–Trinajstić information content (AvgIpc) is 2.86. The van der Waals surface area contributed by atoms with Crippen molar-refractivity contribution in [3.05, 3.63) is 44.6 Å². The van der Waals surface area contributed by atoms with Crippen LogP contribution < -0.4 is 5.43 Å². The molecule has 0 radical (unpaired) electrons. The monoisotopic (exact) mass is 323 g/mol. The Labute approximate surface area is 127 Å². The van der Waals surface area contributed by atoms with Crippen molar-refractivity contribution in [1.29, 1.82) is 0 Å². The number of rotatable bonds is 1. The number of thiazole rings is 1. The van der Waals surface area contributed by atoms with Gasteiger partial charge in [0.1, 0.15) is 4.83 Å². The Morgan fingerprint density at radius 2 is 2.10 bits per heavy atom. The van der Waals surface area contributed by atoms with Gasteiger partial charge in [-0.3, -0.25) is 4.79 Å². The molecule has 4 rings (SSSR count). The Kier molecular flexibility index (Phi) is 2.72. The second-order valence-electron chi connectivity index (χ2n) is 5.45. The number of pyridine rings is 1. The first kappa shape index (κ1) is 13.3. The van der Waals surface area contributed by atoms with E-state index in [-0.39, 0.29) is 21.6 Å². The van der Waals surface area contributed by atoms with Gasteiger partial charge in [-0.15, -0.1) is 23.1 Å². The zero-order valence-corrected chi connectivity index (χ0v) is 13.0. The fourth-order valence-electron chi connectivity index (χ4n) is 2.90. The fraction of sp³-hybridized carbons (Fsp3) is 0.267. The smallest absolute Gasteiger partial charge is 0.194 e. The quantitative estimate of drug-likeness (QED) is 0.656. The third-order valence-electron chi connectivity index (χ3n) is 3.83. The predicted octanol–water partition coefficient (Wildman–Crippen LogP) is 4.52. The molecule has 1 aliphatic rings. The number of hydrogen-bond donors (Lipinski definition) is 0.